The standard InChI is InChI=1S/C17H16BrN3O3/c1-11-3-8-15(24-2)14(9-11)20-16(22)17(23)21-19-10-12-4-6-13(18)7-5-12/h3-10H,1-2H3,(H,20,22)(H,21,23)/b19-10-. The minimum atomic E-state index is -0.869. The third kappa shape index (κ3) is 4.92. The van der Waals surface area contributed by atoms with Crippen LogP contribution in [0.5, 0.6) is 5.75 Å². The van der Waals surface area contributed by atoms with E-state index in [2.05, 4.69) is 31.8 Å². The van der Waals surface area contributed by atoms with Crippen molar-refractivity contribution in [2.24, 2.45) is 5.10 Å². The first-order chi connectivity index (χ1) is 11.5. The lowest BCUT2D eigenvalue weighted by atomic mass is 10.2. The zero-order valence-electron chi connectivity index (χ0n) is 13.2. The van der Waals surface area contributed by atoms with Gasteiger partial charge in [-0.15, -0.1) is 0 Å². The Morgan fingerprint density at radius 2 is 1.83 bits per heavy atom. The minimum absolute atomic E-state index is 0.425. The number of benzene rings is 2. The summed E-state index contributed by atoms with van der Waals surface area (Å²) in [5, 5.41) is 6.26. The molecule has 2 rings (SSSR count). The molecule has 2 amide bonds. The zero-order valence-corrected chi connectivity index (χ0v) is 14.8. The molecule has 0 radical (unpaired) electrons. The number of carbonyl (C=O) groups is 2. The number of halogens is 1. The number of carbonyl (C=O) groups excluding carboxylic acids is 2. The number of hydrogen-bond donors (Lipinski definition) is 2. The maximum absolute atomic E-state index is 11.9. The first-order valence-corrected chi connectivity index (χ1v) is 7.83. The van der Waals surface area contributed by atoms with Crippen LogP contribution in [0.2, 0.25) is 0 Å². The highest BCUT2D eigenvalue weighted by Gasteiger charge is 2.15. The average Bonchev–Trinajstić information content (AvgIpc) is 2.56. The molecule has 0 aromatic heterocycles. The van der Waals surface area contributed by atoms with Crippen LogP contribution in [0.3, 0.4) is 0 Å². The van der Waals surface area contributed by atoms with Gasteiger partial charge in [-0.05, 0) is 42.3 Å². The van der Waals surface area contributed by atoms with E-state index in [1.807, 2.05) is 37.3 Å². The number of nitrogens with zero attached hydrogens (tertiary/aromatic N) is 1. The van der Waals surface area contributed by atoms with Gasteiger partial charge >= 0.3 is 11.8 Å². The van der Waals surface area contributed by atoms with E-state index in [0.29, 0.717) is 11.4 Å². The second kappa shape index (κ2) is 8.26. The first kappa shape index (κ1) is 17.7. The van der Waals surface area contributed by atoms with Crippen molar-refractivity contribution in [3.63, 3.8) is 0 Å². The predicted molar refractivity (Wildman–Crippen MR) is 96.2 cm³/mol. The molecule has 0 bridgehead atoms. The zero-order chi connectivity index (χ0) is 17.5. The Balaban J connectivity index is 1.96. The van der Waals surface area contributed by atoms with Crippen LogP contribution in [0.15, 0.2) is 52.0 Å². The van der Waals surface area contributed by atoms with Gasteiger partial charge in [-0.2, -0.15) is 5.10 Å². The summed E-state index contributed by atoms with van der Waals surface area (Å²) in [6, 6.07) is 12.6. The van der Waals surface area contributed by atoms with Crippen molar-refractivity contribution in [2.75, 3.05) is 12.4 Å². The smallest absolute Gasteiger partial charge is 0.329 e. The molecular formula is C17H16BrN3O3. The van der Waals surface area contributed by atoms with Crippen LogP contribution in [-0.4, -0.2) is 25.1 Å². The van der Waals surface area contributed by atoms with Crippen LogP contribution in [0, 0.1) is 6.92 Å². The summed E-state index contributed by atoms with van der Waals surface area (Å²) in [6.07, 6.45) is 1.45. The Kier molecular flexibility index (Phi) is 6.08. The lowest BCUT2D eigenvalue weighted by Gasteiger charge is -2.10. The van der Waals surface area contributed by atoms with Gasteiger partial charge in [0.25, 0.3) is 0 Å². The molecule has 2 aromatic carbocycles. The molecule has 0 saturated heterocycles. The summed E-state index contributed by atoms with van der Waals surface area (Å²) in [6.45, 7) is 1.87. The number of methoxy groups -OCH3 is 1. The van der Waals surface area contributed by atoms with E-state index in [-0.39, 0.29) is 0 Å². The maximum Gasteiger partial charge on any atom is 0.329 e. The predicted octanol–water partition coefficient (Wildman–Crippen LogP) is 2.85. The fraction of sp³-hybridized carbons (Fsp3) is 0.118. The second-order valence-electron chi connectivity index (χ2n) is 4.91. The quantitative estimate of drug-likeness (QED) is 0.479. The summed E-state index contributed by atoms with van der Waals surface area (Å²) >= 11 is 3.33. The fourth-order valence-corrected chi connectivity index (χ4v) is 2.13. The van der Waals surface area contributed by atoms with Crippen molar-refractivity contribution in [3.8, 4) is 5.75 Å². The minimum Gasteiger partial charge on any atom is -0.495 e. The molecule has 24 heavy (non-hydrogen) atoms. The number of hydrazone groups is 1. The molecule has 0 aliphatic carbocycles. The monoisotopic (exact) mass is 389 g/mol. The van der Waals surface area contributed by atoms with Gasteiger partial charge in [-0.25, -0.2) is 5.43 Å². The van der Waals surface area contributed by atoms with Crippen LogP contribution >= 0.6 is 15.9 Å². The van der Waals surface area contributed by atoms with Crippen molar-refractivity contribution in [1.82, 2.24) is 5.43 Å². The summed E-state index contributed by atoms with van der Waals surface area (Å²) in [7, 11) is 1.49. The molecule has 0 heterocycles. The average molecular weight is 390 g/mol. The number of aryl methyl sites for hydroxylation is 1. The van der Waals surface area contributed by atoms with Gasteiger partial charge in [-0.1, -0.05) is 34.1 Å². The highest BCUT2D eigenvalue weighted by atomic mass is 79.9. The Morgan fingerprint density at radius 3 is 2.50 bits per heavy atom. The summed E-state index contributed by atoms with van der Waals surface area (Å²) in [4.78, 5) is 23.7. The van der Waals surface area contributed by atoms with E-state index < -0.39 is 11.8 Å². The molecular weight excluding hydrogens is 374 g/mol. The van der Waals surface area contributed by atoms with Gasteiger partial charge in [0.2, 0.25) is 0 Å². The van der Waals surface area contributed by atoms with Crippen LogP contribution in [0.1, 0.15) is 11.1 Å². The lowest BCUT2D eigenvalue weighted by molar-refractivity contribution is -0.136. The van der Waals surface area contributed by atoms with Crippen LogP contribution < -0.4 is 15.5 Å². The highest BCUT2D eigenvalue weighted by Crippen LogP contribution is 2.24. The van der Waals surface area contributed by atoms with Gasteiger partial charge in [-0.3, -0.25) is 9.59 Å². The molecule has 6 nitrogen and oxygen atoms in total. The van der Waals surface area contributed by atoms with Crippen LogP contribution in [0.25, 0.3) is 0 Å². The lowest BCUT2D eigenvalue weighted by Crippen LogP contribution is -2.32. The molecule has 0 atom stereocenters. The fourth-order valence-electron chi connectivity index (χ4n) is 1.86. The number of nitrogens with one attached hydrogen (secondary N) is 2. The van der Waals surface area contributed by atoms with Gasteiger partial charge in [0.15, 0.2) is 0 Å². The largest absolute Gasteiger partial charge is 0.495 e. The van der Waals surface area contributed by atoms with Gasteiger partial charge < -0.3 is 10.1 Å². The number of ether oxygens (including phenoxy) is 1. The van der Waals surface area contributed by atoms with E-state index in [1.165, 1.54) is 13.3 Å². The van der Waals surface area contributed by atoms with E-state index in [9.17, 15) is 9.59 Å². The maximum atomic E-state index is 11.9. The van der Waals surface area contributed by atoms with Crippen LogP contribution in [-0.2, 0) is 9.59 Å². The molecule has 0 unspecified atom stereocenters. The Morgan fingerprint density at radius 1 is 1.12 bits per heavy atom. The highest BCUT2D eigenvalue weighted by molar-refractivity contribution is 9.10. The summed E-state index contributed by atoms with van der Waals surface area (Å²) in [5.41, 5.74) is 4.33. The number of rotatable bonds is 4. The van der Waals surface area contributed by atoms with Gasteiger partial charge in [0, 0.05) is 4.47 Å². The molecule has 0 spiro atoms. The van der Waals surface area contributed by atoms with E-state index in [0.717, 1.165) is 15.6 Å². The summed E-state index contributed by atoms with van der Waals surface area (Å²) in [5.74, 6) is -1.22. The third-order valence-electron chi connectivity index (χ3n) is 3.06. The van der Waals surface area contributed by atoms with Crippen molar-refractivity contribution in [3.05, 3.63) is 58.1 Å². The second-order valence-corrected chi connectivity index (χ2v) is 5.82. The van der Waals surface area contributed by atoms with Crippen molar-refractivity contribution in [2.45, 2.75) is 6.92 Å². The molecule has 0 saturated carbocycles. The molecule has 0 fully saturated rings. The number of amides is 2. The Labute approximate surface area is 148 Å². The van der Waals surface area contributed by atoms with Gasteiger partial charge in [0.1, 0.15) is 5.75 Å². The normalized spacial score (nSPS) is 10.5. The molecule has 0 aliphatic heterocycles. The molecule has 2 aromatic rings. The number of hydrogen-bond acceptors (Lipinski definition) is 4. The van der Waals surface area contributed by atoms with Crippen LogP contribution in [0.4, 0.5) is 5.69 Å². The molecule has 7 heteroatoms. The molecule has 0 aliphatic rings. The van der Waals surface area contributed by atoms with Crippen molar-refractivity contribution < 1.29 is 14.3 Å². The molecule has 124 valence electrons. The van der Waals surface area contributed by atoms with E-state index in [4.69, 9.17) is 4.74 Å². The molecule has 2 N–H and O–H groups in total. The van der Waals surface area contributed by atoms with E-state index in [1.54, 1.807) is 12.1 Å². The van der Waals surface area contributed by atoms with Crippen molar-refractivity contribution >= 4 is 39.6 Å². The Bertz CT molecular complexity index is 773. The van der Waals surface area contributed by atoms with Crippen molar-refractivity contribution in [1.29, 1.82) is 0 Å². The SMILES string of the molecule is COc1ccc(C)cc1NC(=O)C(=O)N/N=C\c1ccc(Br)cc1. The first-order valence-electron chi connectivity index (χ1n) is 7.04. The number of anilines is 1. The third-order valence-corrected chi connectivity index (χ3v) is 3.59. The summed E-state index contributed by atoms with van der Waals surface area (Å²) < 4.78 is 6.09. The van der Waals surface area contributed by atoms with E-state index >= 15 is 0 Å². The Hall–Kier alpha value is -2.67. The van der Waals surface area contributed by atoms with Gasteiger partial charge in [0.05, 0.1) is 19.0 Å². The topological polar surface area (TPSA) is 79.8 Å².